The Kier molecular flexibility index (Phi) is 6.80. The van der Waals surface area contributed by atoms with Gasteiger partial charge < -0.3 is 5.32 Å². The van der Waals surface area contributed by atoms with Crippen LogP contribution in [0.4, 0.5) is 0 Å². The Balaban J connectivity index is 2.51. The quantitative estimate of drug-likeness (QED) is 0.729. The number of benzene rings is 1. The molecule has 0 saturated carbocycles. The van der Waals surface area contributed by atoms with Crippen LogP contribution in [-0.2, 0) is 6.54 Å². The molecule has 1 rings (SSSR count). The maximum absolute atomic E-state index is 3.49. The molecular formula is C16H27NS. The fraction of sp³-hybridized carbons (Fsp3) is 0.625. The monoisotopic (exact) mass is 265 g/mol. The predicted octanol–water partition coefficient (Wildman–Crippen LogP) is 4.49. The van der Waals surface area contributed by atoms with E-state index in [0.29, 0.717) is 5.92 Å². The maximum Gasteiger partial charge on any atom is 0.0205 e. The minimum absolute atomic E-state index is 0.715. The van der Waals surface area contributed by atoms with Crippen molar-refractivity contribution < 1.29 is 0 Å². The molecule has 0 bridgehead atoms. The number of rotatable bonds is 7. The number of aryl methyl sites for hydroxylation is 1. The van der Waals surface area contributed by atoms with Crippen molar-refractivity contribution in [2.75, 3.05) is 12.3 Å². The zero-order chi connectivity index (χ0) is 13.5. The van der Waals surface area contributed by atoms with E-state index in [1.807, 2.05) is 11.8 Å². The lowest BCUT2D eigenvalue weighted by Crippen LogP contribution is -2.18. The van der Waals surface area contributed by atoms with Gasteiger partial charge in [0.2, 0.25) is 0 Å². The highest BCUT2D eigenvalue weighted by molar-refractivity contribution is 7.99. The van der Waals surface area contributed by atoms with Crippen LogP contribution in [0.2, 0.25) is 0 Å². The highest BCUT2D eigenvalue weighted by Crippen LogP contribution is 2.25. The Morgan fingerprint density at radius 2 is 1.83 bits per heavy atom. The summed E-state index contributed by atoms with van der Waals surface area (Å²) in [4.78, 5) is 1.43. The van der Waals surface area contributed by atoms with Gasteiger partial charge in [0.05, 0.1) is 0 Å². The number of hydrogen-bond donors (Lipinski definition) is 1. The molecule has 0 unspecified atom stereocenters. The van der Waals surface area contributed by atoms with Crippen LogP contribution in [-0.4, -0.2) is 12.3 Å². The third-order valence-corrected chi connectivity index (χ3v) is 4.30. The molecule has 0 aliphatic rings. The number of nitrogens with one attached hydrogen (secondary N) is 1. The van der Waals surface area contributed by atoms with Crippen LogP contribution in [0.5, 0.6) is 0 Å². The van der Waals surface area contributed by atoms with Gasteiger partial charge in [0.25, 0.3) is 0 Å². The van der Waals surface area contributed by atoms with Crippen LogP contribution in [0, 0.1) is 18.8 Å². The van der Waals surface area contributed by atoms with Gasteiger partial charge in [-0.1, -0.05) is 39.8 Å². The normalized spacial score (nSPS) is 11.5. The van der Waals surface area contributed by atoms with Gasteiger partial charge >= 0.3 is 0 Å². The van der Waals surface area contributed by atoms with Gasteiger partial charge in [-0.2, -0.15) is 0 Å². The van der Waals surface area contributed by atoms with E-state index in [4.69, 9.17) is 0 Å². The summed E-state index contributed by atoms with van der Waals surface area (Å²) in [5.41, 5.74) is 2.80. The molecule has 0 spiro atoms. The highest BCUT2D eigenvalue weighted by atomic mass is 32.2. The fourth-order valence-electron chi connectivity index (χ4n) is 1.75. The summed E-state index contributed by atoms with van der Waals surface area (Å²) in [6.07, 6.45) is 0. The first-order valence-corrected chi connectivity index (χ1v) is 7.90. The summed E-state index contributed by atoms with van der Waals surface area (Å²) in [5.74, 6) is 2.67. The molecule has 102 valence electrons. The molecule has 0 atom stereocenters. The Bertz CT molecular complexity index is 358. The Morgan fingerprint density at radius 3 is 2.39 bits per heavy atom. The van der Waals surface area contributed by atoms with Crippen molar-refractivity contribution in [1.82, 2.24) is 5.32 Å². The molecular weight excluding hydrogens is 238 g/mol. The van der Waals surface area contributed by atoms with Crippen molar-refractivity contribution in [2.45, 2.75) is 46.1 Å². The molecule has 0 saturated heterocycles. The standard InChI is InChI=1S/C16H27NS/c1-12(2)9-17-10-15-6-7-16(14(5)8-15)18-11-13(3)4/h6-8,12-13,17H,9-11H2,1-5H3. The summed E-state index contributed by atoms with van der Waals surface area (Å²) < 4.78 is 0. The van der Waals surface area contributed by atoms with E-state index in [0.717, 1.165) is 19.0 Å². The van der Waals surface area contributed by atoms with Crippen LogP contribution < -0.4 is 5.32 Å². The van der Waals surface area contributed by atoms with E-state index >= 15 is 0 Å². The molecule has 0 radical (unpaired) electrons. The number of hydrogen-bond acceptors (Lipinski definition) is 2. The second-order valence-electron chi connectivity index (χ2n) is 5.83. The third-order valence-electron chi connectivity index (χ3n) is 2.69. The van der Waals surface area contributed by atoms with Crippen LogP contribution in [0.15, 0.2) is 23.1 Å². The van der Waals surface area contributed by atoms with Crippen molar-refractivity contribution in [1.29, 1.82) is 0 Å². The second kappa shape index (κ2) is 7.85. The summed E-state index contributed by atoms with van der Waals surface area (Å²) in [6.45, 7) is 13.3. The van der Waals surface area contributed by atoms with Crippen LogP contribution >= 0.6 is 11.8 Å². The van der Waals surface area contributed by atoms with Crippen molar-refractivity contribution in [3.8, 4) is 0 Å². The summed E-state index contributed by atoms with van der Waals surface area (Å²) in [7, 11) is 0. The minimum atomic E-state index is 0.715. The summed E-state index contributed by atoms with van der Waals surface area (Å²) in [5, 5.41) is 3.49. The van der Waals surface area contributed by atoms with Gasteiger partial charge in [-0.15, -0.1) is 11.8 Å². The van der Waals surface area contributed by atoms with Gasteiger partial charge in [0.15, 0.2) is 0 Å². The van der Waals surface area contributed by atoms with Crippen LogP contribution in [0.3, 0.4) is 0 Å². The largest absolute Gasteiger partial charge is 0.312 e. The third kappa shape index (κ3) is 5.92. The van der Waals surface area contributed by atoms with Crippen molar-refractivity contribution in [3.05, 3.63) is 29.3 Å². The van der Waals surface area contributed by atoms with E-state index < -0.39 is 0 Å². The zero-order valence-electron chi connectivity index (χ0n) is 12.4. The van der Waals surface area contributed by atoms with Crippen LogP contribution in [0.1, 0.15) is 38.8 Å². The molecule has 0 aliphatic carbocycles. The zero-order valence-corrected chi connectivity index (χ0v) is 13.2. The van der Waals surface area contributed by atoms with Gasteiger partial charge in [-0.3, -0.25) is 0 Å². The smallest absolute Gasteiger partial charge is 0.0205 e. The van der Waals surface area contributed by atoms with E-state index in [9.17, 15) is 0 Å². The SMILES string of the molecule is Cc1cc(CNCC(C)C)ccc1SCC(C)C. The lowest BCUT2D eigenvalue weighted by Gasteiger charge is -2.11. The molecule has 0 heterocycles. The molecule has 0 aromatic heterocycles. The first-order chi connectivity index (χ1) is 8.49. The van der Waals surface area contributed by atoms with E-state index in [-0.39, 0.29) is 0 Å². The fourth-order valence-corrected chi connectivity index (χ4v) is 2.71. The van der Waals surface area contributed by atoms with Gasteiger partial charge in [-0.25, -0.2) is 0 Å². The van der Waals surface area contributed by atoms with Crippen LogP contribution in [0.25, 0.3) is 0 Å². The maximum atomic E-state index is 3.49. The van der Waals surface area contributed by atoms with Gasteiger partial charge in [0, 0.05) is 17.2 Å². The first-order valence-electron chi connectivity index (χ1n) is 6.92. The Morgan fingerprint density at radius 1 is 1.11 bits per heavy atom. The lowest BCUT2D eigenvalue weighted by atomic mass is 10.1. The average Bonchev–Trinajstić information content (AvgIpc) is 2.27. The topological polar surface area (TPSA) is 12.0 Å². The Labute approximate surface area is 117 Å². The first kappa shape index (κ1) is 15.6. The number of thioether (sulfide) groups is 1. The molecule has 18 heavy (non-hydrogen) atoms. The lowest BCUT2D eigenvalue weighted by molar-refractivity contribution is 0.552. The Hall–Kier alpha value is -0.470. The summed E-state index contributed by atoms with van der Waals surface area (Å²) >= 11 is 1.97. The predicted molar refractivity (Wildman–Crippen MR) is 83.3 cm³/mol. The van der Waals surface area contributed by atoms with E-state index in [1.54, 1.807) is 0 Å². The molecule has 1 N–H and O–H groups in total. The molecule has 1 aromatic rings. The average molecular weight is 265 g/mol. The molecule has 0 amide bonds. The van der Waals surface area contributed by atoms with Crippen molar-refractivity contribution in [2.24, 2.45) is 11.8 Å². The molecule has 0 fully saturated rings. The van der Waals surface area contributed by atoms with E-state index in [1.165, 1.54) is 21.8 Å². The van der Waals surface area contributed by atoms with E-state index in [2.05, 4.69) is 58.1 Å². The molecule has 0 aliphatic heterocycles. The molecule has 1 aromatic carbocycles. The van der Waals surface area contributed by atoms with Crippen molar-refractivity contribution >= 4 is 11.8 Å². The highest BCUT2D eigenvalue weighted by Gasteiger charge is 2.03. The van der Waals surface area contributed by atoms with Gasteiger partial charge in [0.1, 0.15) is 0 Å². The van der Waals surface area contributed by atoms with Gasteiger partial charge in [-0.05, 0) is 42.5 Å². The minimum Gasteiger partial charge on any atom is -0.312 e. The molecule has 2 heteroatoms. The second-order valence-corrected chi connectivity index (χ2v) is 6.89. The molecule has 1 nitrogen and oxygen atoms in total. The summed E-state index contributed by atoms with van der Waals surface area (Å²) in [6, 6.07) is 6.84. The van der Waals surface area contributed by atoms with Crippen molar-refractivity contribution in [3.63, 3.8) is 0 Å².